The minimum Gasteiger partial charge on any atom is -0.325 e. The summed E-state index contributed by atoms with van der Waals surface area (Å²) in [7, 11) is 1.90. The maximum absolute atomic E-state index is 6.12. The van der Waals surface area contributed by atoms with E-state index in [1.165, 1.54) is 5.56 Å². The molecule has 0 unspecified atom stereocenters. The standard InChI is InChI=1S/C12H14ClN3/c1-8-4-3-5-9(6-8)12-15-10(7-14)11(13)16(12)2/h3-6H,7,14H2,1-2H3. The van der Waals surface area contributed by atoms with E-state index in [4.69, 9.17) is 17.3 Å². The second-order valence-electron chi connectivity index (χ2n) is 3.81. The summed E-state index contributed by atoms with van der Waals surface area (Å²) in [6, 6.07) is 8.16. The van der Waals surface area contributed by atoms with Gasteiger partial charge in [0, 0.05) is 19.2 Å². The summed E-state index contributed by atoms with van der Waals surface area (Å²) in [5.74, 6) is 0.856. The summed E-state index contributed by atoms with van der Waals surface area (Å²) in [4.78, 5) is 4.45. The number of hydrogen-bond donors (Lipinski definition) is 1. The first-order valence-corrected chi connectivity index (χ1v) is 5.49. The van der Waals surface area contributed by atoms with E-state index in [-0.39, 0.29) is 0 Å². The monoisotopic (exact) mass is 235 g/mol. The number of aromatic nitrogens is 2. The highest BCUT2D eigenvalue weighted by Gasteiger charge is 2.12. The zero-order valence-electron chi connectivity index (χ0n) is 9.37. The van der Waals surface area contributed by atoms with Crippen LogP contribution in [0.1, 0.15) is 11.3 Å². The summed E-state index contributed by atoms with van der Waals surface area (Å²) < 4.78 is 1.86. The fourth-order valence-electron chi connectivity index (χ4n) is 1.71. The van der Waals surface area contributed by atoms with Crippen LogP contribution in [0.4, 0.5) is 0 Å². The molecule has 2 N–H and O–H groups in total. The molecule has 0 aliphatic rings. The van der Waals surface area contributed by atoms with Crippen LogP contribution in [0.2, 0.25) is 5.15 Å². The lowest BCUT2D eigenvalue weighted by atomic mass is 10.1. The van der Waals surface area contributed by atoms with E-state index in [1.807, 2.05) is 23.7 Å². The smallest absolute Gasteiger partial charge is 0.141 e. The number of halogens is 1. The Morgan fingerprint density at radius 1 is 1.44 bits per heavy atom. The van der Waals surface area contributed by atoms with Crippen LogP contribution in [0.25, 0.3) is 11.4 Å². The predicted molar refractivity (Wildman–Crippen MR) is 66.3 cm³/mol. The van der Waals surface area contributed by atoms with E-state index in [1.54, 1.807) is 0 Å². The molecule has 0 aliphatic heterocycles. The van der Waals surface area contributed by atoms with Crippen LogP contribution in [0, 0.1) is 6.92 Å². The third-order valence-corrected chi connectivity index (χ3v) is 3.03. The Balaban J connectivity index is 2.56. The molecule has 0 saturated carbocycles. The molecule has 1 heterocycles. The van der Waals surface area contributed by atoms with Crippen molar-refractivity contribution < 1.29 is 0 Å². The quantitative estimate of drug-likeness (QED) is 0.869. The molecule has 3 nitrogen and oxygen atoms in total. The molecule has 0 aliphatic carbocycles. The Bertz CT molecular complexity index is 517. The molecule has 0 fully saturated rings. The molecule has 2 rings (SSSR count). The summed E-state index contributed by atoms with van der Waals surface area (Å²) in [6.07, 6.45) is 0. The highest BCUT2D eigenvalue weighted by atomic mass is 35.5. The summed E-state index contributed by atoms with van der Waals surface area (Å²) in [5, 5.41) is 0.610. The van der Waals surface area contributed by atoms with Gasteiger partial charge >= 0.3 is 0 Å². The molecule has 2 aromatic rings. The molecule has 4 heteroatoms. The van der Waals surface area contributed by atoms with Crippen molar-refractivity contribution in [2.75, 3.05) is 0 Å². The molecule has 0 saturated heterocycles. The Morgan fingerprint density at radius 2 is 2.19 bits per heavy atom. The molecule has 16 heavy (non-hydrogen) atoms. The summed E-state index contributed by atoms with van der Waals surface area (Å²) in [6.45, 7) is 2.41. The maximum Gasteiger partial charge on any atom is 0.141 e. The molecule has 84 valence electrons. The zero-order chi connectivity index (χ0) is 11.7. The predicted octanol–water partition coefficient (Wildman–Crippen LogP) is 2.51. The highest BCUT2D eigenvalue weighted by molar-refractivity contribution is 6.30. The van der Waals surface area contributed by atoms with Gasteiger partial charge in [-0.1, -0.05) is 35.4 Å². The number of aryl methyl sites for hydroxylation is 1. The van der Waals surface area contributed by atoms with Crippen molar-refractivity contribution >= 4 is 11.6 Å². The molecular weight excluding hydrogens is 222 g/mol. The van der Waals surface area contributed by atoms with Crippen LogP contribution in [0.3, 0.4) is 0 Å². The van der Waals surface area contributed by atoms with Crippen molar-refractivity contribution in [3.63, 3.8) is 0 Å². The summed E-state index contributed by atoms with van der Waals surface area (Å²) in [5.41, 5.74) is 8.58. The Kier molecular flexibility index (Phi) is 2.99. The molecule has 1 aromatic heterocycles. The second-order valence-corrected chi connectivity index (χ2v) is 4.16. The number of nitrogens with two attached hydrogens (primary N) is 1. The maximum atomic E-state index is 6.12. The number of nitrogens with zero attached hydrogens (tertiary/aromatic N) is 2. The van der Waals surface area contributed by atoms with Crippen molar-refractivity contribution in [3.05, 3.63) is 40.7 Å². The molecule has 0 amide bonds. The number of benzene rings is 1. The number of imidazole rings is 1. The van der Waals surface area contributed by atoms with Crippen LogP contribution in [0.15, 0.2) is 24.3 Å². The first kappa shape index (κ1) is 11.2. The largest absolute Gasteiger partial charge is 0.325 e. The van der Waals surface area contributed by atoms with Crippen molar-refractivity contribution in [2.45, 2.75) is 13.5 Å². The van der Waals surface area contributed by atoms with Crippen molar-refractivity contribution in [3.8, 4) is 11.4 Å². The van der Waals surface area contributed by atoms with Crippen LogP contribution < -0.4 is 5.73 Å². The van der Waals surface area contributed by atoms with Gasteiger partial charge in [-0.25, -0.2) is 4.98 Å². The van der Waals surface area contributed by atoms with E-state index in [0.29, 0.717) is 11.7 Å². The third kappa shape index (κ3) is 1.84. The van der Waals surface area contributed by atoms with Crippen LogP contribution in [-0.2, 0) is 13.6 Å². The lowest BCUT2D eigenvalue weighted by molar-refractivity contribution is 0.922. The number of hydrogen-bond acceptors (Lipinski definition) is 2. The third-order valence-electron chi connectivity index (χ3n) is 2.56. The average molecular weight is 236 g/mol. The molecule has 0 spiro atoms. The van der Waals surface area contributed by atoms with E-state index < -0.39 is 0 Å². The molecular formula is C12H14ClN3. The fraction of sp³-hybridized carbons (Fsp3) is 0.250. The summed E-state index contributed by atoms with van der Waals surface area (Å²) >= 11 is 6.12. The van der Waals surface area contributed by atoms with Gasteiger partial charge in [0.25, 0.3) is 0 Å². The highest BCUT2D eigenvalue weighted by Crippen LogP contribution is 2.24. The zero-order valence-corrected chi connectivity index (χ0v) is 10.1. The first-order valence-electron chi connectivity index (χ1n) is 5.11. The van der Waals surface area contributed by atoms with E-state index in [2.05, 4.69) is 24.0 Å². The fourth-order valence-corrected chi connectivity index (χ4v) is 1.91. The van der Waals surface area contributed by atoms with E-state index in [9.17, 15) is 0 Å². The van der Waals surface area contributed by atoms with Gasteiger partial charge in [-0.2, -0.15) is 0 Å². The Morgan fingerprint density at radius 3 is 2.75 bits per heavy atom. The van der Waals surface area contributed by atoms with Gasteiger partial charge in [0.2, 0.25) is 0 Å². The van der Waals surface area contributed by atoms with Gasteiger partial charge < -0.3 is 10.3 Å². The van der Waals surface area contributed by atoms with Gasteiger partial charge in [-0.15, -0.1) is 0 Å². The molecule has 0 radical (unpaired) electrons. The first-order chi connectivity index (χ1) is 7.63. The molecule has 0 atom stereocenters. The average Bonchev–Trinajstić information content (AvgIpc) is 2.56. The second kappa shape index (κ2) is 4.28. The van der Waals surface area contributed by atoms with Gasteiger partial charge in [0.15, 0.2) is 0 Å². The topological polar surface area (TPSA) is 43.8 Å². The molecule has 1 aromatic carbocycles. The van der Waals surface area contributed by atoms with Gasteiger partial charge in [0.1, 0.15) is 11.0 Å². The lowest BCUT2D eigenvalue weighted by Crippen LogP contribution is -1.97. The van der Waals surface area contributed by atoms with Gasteiger partial charge in [0.05, 0.1) is 5.69 Å². The van der Waals surface area contributed by atoms with Crippen molar-refractivity contribution in [1.82, 2.24) is 9.55 Å². The number of rotatable bonds is 2. The normalized spacial score (nSPS) is 10.8. The van der Waals surface area contributed by atoms with E-state index >= 15 is 0 Å². The van der Waals surface area contributed by atoms with Crippen molar-refractivity contribution in [1.29, 1.82) is 0 Å². The van der Waals surface area contributed by atoms with Gasteiger partial charge in [-0.05, 0) is 13.0 Å². The minimum atomic E-state index is 0.360. The van der Waals surface area contributed by atoms with Crippen LogP contribution in [0.5, 0.6) is 0 Å². The van der Waals surface area contributed by atoms with Crippen LogP contribution in [-0.4, -0.2) is 9.55 Å². The van der Waals surface area contributed by atoms with Crippen molar-refractivity contribution in [2.24, 2.45) is 12.8 Å². The van der Waals surface area contributed by atoms with E-state index in [0.717, 1.165) is 17.1 Å². The SMILES string of the molecule is Cc1cccc(-c2nc(CN)c(Cl)n2C)c1. The van der Waals surface area contributed by atoms with Crippen LogP contribution >= 0.6 is 11.6 Å². The minimum absolute atomic E-state index is 0.360. The Hall–Kier alpha value is -1.32. The molecule has 0 bridgehead atoms. The Labute approximate surface area is 99.9 Å². The van der Waals surface area contributed by atoms with Gasteiger partial charge in [-0.3, -0.25) is 0 Å². The lowest BCUT2D eigenvalue weighted by Gasteiger charge is -2.03.